The minimum atomic E-state index is 0.517. The molecule has 0 spiro atoms. The molecule has 0 aliphatic carbocycles. The van der Waals surface area contributed by atoms with Crippen molar-refractivity contribution in [3.63, 3.8) is 0 Å². The summed E-state index contributed by atoms with van der Waals surface area (Å²) in [6.07, 6.45) is 0.821. The summed E-state index contributed by atoms with van der Waals surface area (Å²) in [6.45, 7) is 3.99. The summed E-state index contributed by atoms with van der Waals surface area (Å²) >= 11 is 3.45. The van der Waals surface area contributed by atoms with Gasteiger partial charge in [0, 0.05) is 15.7 Å². The van der Waals surface area contributed by atoms with Crippen molar-refractivity contribution in [2.75, 3.05) is 12.8 Å². The fraction of sp³-hybridized carbons (Fsp3) is 0.286. The van der Waals surface area contributed by atoms with E-state index in [9.17, 15) is 0 Å². The third-order valence-electron chi connectivity index (χ3n) is 3.02. The van der Waals surface area contributed by atoms with Crippen molar-refractivity contribution in [1.82, 2.24) is 9.97 Å². The number of nitrogen functional groups attached to an aromatic ring is 1. The number of anilines is 1. The summed E-state index contributed by atoms with van der Waals surface area (Å²) in [5, 5.41) is 0. The second kappa shape index (κ2) is 5.57. The molecule has 0 saturated heterocycles. The van der Waals surface area contributed by atoms with E-state index in [0.29, 0.717) is 11.6 Å². The first-order valence-corrected chi connectivity index (χ1v) is 6.83. The topological polar surface area (TPSA) is 61.0 Å². The van der Waals surface area contributed by atoms with Gasteiger partial charge in [-0.3, -0.25) is 0 Å². The molecule has 1 heterocycles. The Balaban J connectivity index is 2.65. The lowest BCUT2D eigenvalue weighted by molar-refractivity contribution is 0.416. The Morgan fingerprint density at radius 2 is 2.05 bits per heavy atom. The van der Waals surface area contributed by atoms with Crippen molar-refractivity contribution in [3.8, 4) is 17.1 Å². The van der Waals surface area contributed by atoms with Gasteiger partial charge in [-0.1, -0.05) is 22.9 Å². The van der Waals surface area contributed by atoms with Crippen LogP contribution in [0.3, 0.4) is 0 Å². The molecule has 0 amide bonds. The second-order valence-electron chi connectivity index (χ2n) is 4.20. The Bertz CT molecular complexity index is 614. The Morgan fingerprint density at radius 3 is 2.68 bits per heavy atom. The molecule has 2 rings (SSSR count). The number of hydrogen-bond donors (Lipinski definition) is 1. The zero-order chi connectivity index (χ0) is 14.0. The predicted octanol–water partition coefficient (Wildman–Crippen LogP) is 3.37. The summed E-state index contributed by atoms with van der Waals surface area (Å²) in [7, 11) is 1.63. The third kappa shape index (κ3) is 2.71. The summed E-state index contributed by atoms with van der Waals surface area (Å²) < 4.78 is 6.30. The summed E-state index contributed by atoms with van der Waals surface area (Å²) in [5.74, 6) is 1.84. The van der Waals surface area contributed by atoms with Crippen LogP contribution in [-0.4, -0.2) is 17.1 Å². The zero-order valence-electron chi connectivity index (χ0n) is 11.2. The van der Waals surface area contributed by atoms with E-state index >= 15 is 0 Å². The molecule has 100 valence electrons. The van der Waals surface area contributed by atoms with Gasteiger partial charge in [-0.25, -0.2) is 9.97 Å². The lowest BCUT2D eigenvalue weighted by Gasteiger charge is -2.11. The Hall–Kier alpha value is -1.62. The van der Waals surface area contributed by atoms with Crippen molar-refractivity contribution in [2.24, 2.45) is 0 Å². The molecule has 1 aromatic heterocycles. The molecule has 0 unspecified atom stereocenters. The van der Waals surface area contributed by atoms with Crippen LogP contribution in [0.25, 0.3) is 11.4 Å². The maximum Gasteiger partial charge on any atom is 0.165 e. The maximum atomic E-state index is 5.96. The highest BCUT2D eigenvalue weighted by molar-refractivity contribution is 9.10. The van der Waals surface area contributed by atoms with Crippen LogP contribution in [0.1, 0.15) is 18.2 Å². The number of aromatic nitrogens is 2. The van der Waals surface area contributed by atoms with Gasteiger partial charge in [0.25, 0.3) is 0 Å². The number of nitrogens with two attached hydrogens (primary N) is 1. The summed E-state index contributed by atoms with van der Waals surface area (Å²) in [5.41, 5.74) is 8.70. The SMILES string of the molecule is CCc1nc(-c2cc(Br)ccc2OC)nc(N)c1C. The van der Waals surface area contributed by atoms with E-state index in [1.807, 2.05) is 25.1 Å². The minimum absolute atomic E-state index is 0.517. The van der Waals surface area contributed by atoms with Gasteiger partial charge in [-0.15, -0.1) is 0 Å². The Labute approximate surface area is 121 Å². The van der Waals surface area contributed by atoms with Gasteiger partial charge < -0.3 is 10.5 Å². The second-order valence-corrected chi connectivity index (χ2v) is 5.12. The summed E-state index contributed by atoms with van der Waals surface area (Å²) in [6, 6.07) is 5.73. The minimum Gasteiger partial charge on any atom is -0.496 e. The lowest BCUT2D eigenvalue weighted by Crippen LogP contribution is -2.04. The molecule has 0 aliphatic heterocycles. The van der Waals surface area contributed by atoms with Crippen molar-refractivity contribution in [3.05, 3.63) is 33.9 Å². The first-order chi connectivity index (χ1) is 9.06. The molecule has 2 N–H and O–H groups in total. The van der Waals surface area contributed by atoms with E-state index in [4.69, 9.17) is 10.5 Å². The number of ether oxygens (including phenoxy) is 1. The fourth-order valence-electron chi connectivity index (χ4n) is 1.90. The molecule has 1 aromatic carbocycles. The van der Waals surface area contributed by atoms with E-state index in [2.05, 4.69) is 32.8 Å². The largest absolute Gasteiger partial charge is 0.496 e. The van der Waals surface area contributed by atoms with Crippen molar-refractivity contribution >= 4 is 21.7 Å². The number of benzene rings is 1. The number of rotatable bonds is 3. The molecular weight excluding hydrogens is 306 g/mol. The average molecular weight is 322 g/mol. The van der Waals surface area contributed by atoms with Crippen LogP contribution in [0.5, 0.6) is 5.75 Å². The van der Waals surface area contributed by atoms with Crippen LogP contribution in [-0.2, 0) is 6.42 Å². The van der Waals surface area contributed by atoms with Crippen LogP contribution < -0.4 is 10.5 Å². The van der Waals surface area contributed by atoms with Crippen LogP contribution >= 0.6 is 15.9 Å². The van der Waals surface area contributed by atoms with Gasteiger partial charge in [0.05, 0.1) is 12.7 Å². The first kappa shape index (κ1) is 13.8. The average Bonchev–Trinajstić information content (AvgIpc) is 2.41. The predicted molar refractivity (Wildman–Crippen MR) is 80.2 cm³/mol. The molecule has 0 bridgehead atoms. The molecule has 2 aromatic rings. The molecule has 0 aliphatic rings. The van der Waals surface area contributed by atoms with E-state index in [1.165, 1.54) is 0 Å². The van der Waals surface area contributed by atoms with Crippen molar-refractivity contribution < 1.29 is 4.74 Å². The lowest BCUT2D eigenvalue weighted by atomic mass is 10.1. The quantitative estimate of drug-likeness (QED) is 0.941. The number of nitrogens with zero attached hydrogens (tertiary/aromatic N) is 2. The zero-order valence-corrected chi connectivity index (χ0v) is 12.8. The first-order valence-electron chi connectivity index (χ1n) is 6.03. The van der Waals surface area contributed by atoms with Crippen LogP contribution in [0, 0.1) is 6.92 Å². The number of aryl methyl sites for hydroxylation is 1. The van der Waals surface area contributed by atoms with Gasteiger partial charge in [0.15, 0.2) is 5.82 Å². The molecule has 5 heteroatoms. The molecule has 0 saturated carbocycles. The van der Waals surface area contributed by atoms with Gasteiger partial charge in [0.2, 0.25) is 0 Å². The smallest absolute Gasteiger partial charge is 0.165 e. The molecule has 0 fully saturated rings. The molecule has 19 heavy (non-hydrogen) atoms. The number of hydrogen-bond acceptors (Lipinski definition) is 4. The van der Waals surface area contributed by atoms with E-state index in [-0.39, 0.29) is 0 Å². The monoisotopic (exact) mass is 321 g/mol. The van der Waals surface area contributed by atoms with Gasteiger partial charge in [-0.2, -0.15) is 0 Å². The maximum absolute atomic E-state index is 5.96. The number of halogens is 1. The molecule has 0 atom stereocenters. The van der Waals surface area contributed by atoms with Crippen LogP contribution in [0.15, 0.2) is 22.7 Å². The Morgan fingerprint density at radius 1 is 1.32 bits per heavy atom. The van der Waals surface area contributed by atoms with Crippen LogP contribution in [0.4, 0.5) is 5.82 Å². The van der Waals surface area contributed by atoms with E-state index in [0.717, 1.165) is 33.5 Å². The van der Waals surface area contributed by atoms with Crippen molar-refractivity contribution in [1.29, 1.82) is 0 Å². The van der Waals surface area contributed by atoms with Gasteiger partial charge in [0.1, 0.15) is 11.6 Å². The van der Waals surface area contributed by atoms with Gasteiger partial charge in [-0.05, 0) is 31.5 Å². The highest BCUT2D eigenvalue weighted by Crippen LogP contribution is 2.31. The van der Waals surface area contributed by atoms with Crippen LogP contribution in [0.2, 0.25) is 0 Å². The van der Waals surface area contributed by atoms with Gasteiger partial charge >= 0.3 is 0 Å². The highest BCUT2D eigenvalue weighted by Gasteiger charge is 2.13. The van der Waals surface area contributed by atoms with Crippen molar-refractivity contribution in [2.45, 2.75) is 20.3 Å². The molecule has 4 nitrogen and oxygen atoms in total. The third-order valence-corrected chi connectivity index (χ3v) is 3.51. The molecular formula is C14H16BrN3O. The van der Waals surface area contributed by atoms with E-state index in [1.54, 1.807) is 7.11 Å². The summed E-state index contributed by atoms with van der Waals surface area (Å²) in [4.78, 5) is 8.95. The molecule has 0 radical (unpaired) electrons. The van der Waals surface area contributed by atoms with E-state index < -0.39 is 0 Å². The highest BCUT2D eigenvalue weighted by atomic mass is 79.9. The normalized spacial score (nSPS) is 10.5. The fourth-order valence-corrected chi connectivity index (χ4v) is 2.26. The number of methoxy groups -OCH3 is 1. The Kier molecular flexibility index (Phi) is 4.04. The standard InChI is InChI=1S/C14H16BrN3O/c1-4-11-8(2)13(16)18-14(17-11)10-7-9(15)5-6-12(10)19-3/h5-7H,4H2,1-3H3,(H2,16,17,18).